The molecule has 1 unspecified atom stereocenters. The number of rotatable bonds is 4. The fourth-order valence-corrected chi connectivity index (χ4v) is 3.35. The molecule has 1 aliphatic heterocycles. The van der Waals surface area contributed by atoms with Crippen LogP contribution in [0.4, 0.5) is 0 Å². The second kappa shape index (κ2) is 4.89. The number of sulfone groups is 1. The minimum absolute atomic E-state index is 0.0493. The molecular weight excluding hydrogens is 260 g/mol. The molecule has 0 aliphatic carbocycles. The van der Waals surface area contributed by atoms with Gasteiger partial charge >= 0.3 is 0 Å². The summed E-state index contributed by atoms with van der Waals surface area (Å²) in [5.74, 6) is -0.603. The molecule has 0 saturated carbocycles. The Hall–Kier alpha value is -0.690. The third-order valence-electron chi connectivity index (χ3n) is 2.97. The highest BCUT2D eigenvalue weighted by molar-refractivity contribution is 7.91. The van der Waals surface area contributed by atoms with Gasteiger partial charge in [-0.25, -0.2) is 8.42 Å². The number of hydrogen-bond donors (Lipinski definition) is 2. The first-order valence-corrected chi connectivity index (χ1v) is 7.65. The van der Waals surface area contributed by atoms with Crippen LogP contribution < -0.4 is 11.1 Å². The van der Waals surface area contributed by atoms with E-state index in [1.54, 1.807) is 0 Å². The van der Waals surface area contributed by atoms with E-state index in [1.807, 2.05) is 13.8 Å². The van der Waals surface area contributed by atoms with E-state index >= 15 is 0 Å². The summed E-state index contributed by atoms with van der Waals surface area (Å²) in [5, 5.41) is 2.71. The number of nitrogens with two attached hydrogens (primary N) is 1. The Morgan fingerprint density at radius 2 is 2.12 bits per heavy atom. The van der Waals surface area contributed by atoms with Crippen LogP contribution in [0.5, 0.6) is 0 Å². The Kier molecular flexibility index (Phi) is 4.14. The minimum Gasteiger partial charge on any atom is -0.393 e. The summed E-state index contributed by atoms with van der Waals surface area (Å²) in [7, 11) is -3.02. The first-order valence-electron chi connectivity index (χ1n) is 5.42. The van der Waals surface area contributed by atoms with Gasteiger partial charge in [0.1, 0.15) is 0 Å². The van der Waals surface area contributed by atoms with Gasteiger partial charge in [-0.1, -0.05) is 26.1 Å². The summed E-state index contributed by atoms with van der Waals surface area (Å²) in [5.41, 5.74) is 5.08. The summed E-state index contributed by atoms with van der Waals surface area (Å²) >= 11 is 4.89. The molecule has 17 heavy (non-hydrogen) atoms. The monoisotopic (exact) mass is 278 g/mol. The normalized spacial score (nSPS) is 23.3. The summed E-state index contributed by atoms with van der Waals surface area (Å²) < 4.78 is 22.5. The van der Waals surface area contributed by atoms with Crippen molar-refractivity contribution in [1.82, 2.24) is 5.32 Å². The summed E-state index contributed by atoms with van der Waals surface area (Å²) in [4.78, 5) is 12.1. The largest absolute Gasteiger partial charge is 0.393 e. The number of hydrogen-bond acceptors (Lipinski definition) is 4. The van der Waals surface area contributed by atoms with Crippen LogP contribution in [-0.2, 0) is 14.6 Å². The van der Waals surface area contributed by atoms with Crippen LogP contribution in [0.3, 0.4) is 0 Å². The van der Waals surface area contributed by atoms with Crippen molar-refractivity contribution in [2.24, 2.45) is 17.1 Å². The van der Waals surface area contributed by atoms with Crippen molar-refractivity contribution in [3.8, 4) is 0 Å². The number of nitrogens with one attached hydrogen (secondary N) is 1. The predicted molar refractivity (Wildman–Crippen MR) is 70.3 cm³/mol. The second-order valence-corrected chi connectivity index (χ2v) is 7.73. The molecular formula is C10H18N2O3S2. The fraction of sp³-hybridized carbons (Fsp3) is 0.800. The lowest BCUT2D eigenvalue weighted by molar-refractivity contribution is -0.124. The van der Waals surface area contributed by atoms with Crippen molar-refractivity contribution in [3.05, 3.63) is 0 Å². The molecule has 1 saturated heterocycles. The molecule has 5 nitrogen and oxygen atoms in total. The quantitative estimate of drug-likeness (QED) is 0.698. The molecule has 1 atom stereocenters. The van der Waals surface area contributed by atoms with Crippen LogP contribution in [0.1, 0.15) is 20.3 Å². The zero-order valence-corrected chi connectivity index (χ0v) is 11.7. The number of thiocarbonyl (C=S) groups is 1. The molecule has 1 heterocycles. The molecule has 1 aliphatic rings. The standard InChI is InChI=1S/C10H18N2O3S2/c1-10(2,9(11)16)6-12-8(13)7-3-4-17(14,15)5-7/h7H,3-6H2,1-2H3,(H2,11,16)(H,12,13). The Morgan fingerprint density at radius 3 is 2.53 bits per heavy atom. The van der Waals surface area contributed by atoms with Crippen molar-refractivity contribution in [1.29, 1.82) is 0 Å². The number of carbonyl (C=O) groups excluding carboxylic acids is 1. The van der Waals surface area contributed by atoms with Crippen LogP contribution in [0.2, 0.25) is 0 Å². The van der Waals surface area contributed by atoms with Gasteiger partial charge in [0.2, 0.25) is 5.91 Å². The van der Waals surface area contributed by atoms with Gasteiger partial charge < -0.3 is 11.1 Å². The van der Waals surface area contributed by atoms with E-state index in [0.717, 1.165) is 0 Å². The van der Waals surface area contributed by atoms with Crippen LogP contribution in [0, 0.1) is 11.3 Å². The van der Waals surface area contributed by atoms with E-state index in [2.05, 4.69) is 5.32 Å². The highest BCUT2D eigenvalue weighted by Gasteiger charge is 2.33. The zero-order valence-electron chi connectivity index (χ0n) is 10.0. The molecule has 0 aromatic carbocycles. The first-order chi connectivity index (χ1) is 7.64. The molecule has 0 bridgehead atoms. The van der Waals surface area contributed by atoms with Gasteiger partial charge in [0.25, 0.3) is 0 Å². The molecule has 1 rings (SSSR count). The molecule has 0 aromatic rings. The van der Waals surface area contributed by atoms with E-state index in [-0.39, 0.29) is 17.4 Å². The van der Waals surface area contributed by atoms with Crippen LogP contribution in [0.25, 0.3) is 0 Å². The highest BCUT2D eigenvalue weighted by atomic mass is 32.2. The van der Waals surface area contributed by atoms with Crippen LogP contribution >= 0.6 is 12.2 Å². The first kappa shape index (κ1) is 14.4. The maximum absolute atomic E-state index is 11.7. The number of amides is 1. The second-order valence-electron chi connectivity index (χ2n) is 5.07. The molecule has 1 amide bonds. The van der Waals surface area contributed by atoms with E-state index in [4.69, 9.17) is 18.0 Å². The topological polar surface area (TPSA) is 89.3 Å². The highest BCUT2D eigenvalue weighted by Crippen LogP contribution is 2.19. The van der Waals surface area contributed by atoms with Gasteiger partial charge in [0, 0.05) is 12.0 Å². The van der Waals surface area contributed by atoms with Crippen molar-refractivity contribution >= 4 is 33.0 Å². The van der Waals surface area contributed by atoms with Gasteiger partial charge in [-0.2, -0.15) is 0 Å². The SMILES string of the molecule is CC(C)(CNC(=O)C1CCS(=O)(=O)C1)C(N)=S. The lowest BCUT2D eigenvalue weighted by Gasteiger charge is -2.24. The maximum atomic E-state index is 11.7. The minimum atomic E-state index is -3.02. The summed E-state index contributed by atoms with van der Waals surface area (Å²) in [6.07, 6.45) is 0.404. The smallest absolute Gasteiger partial charge is 0.224 e. The van der Waals surface area contributed by atoms with Gasteiger partial charge in [0.05, 0.1) is 22.4 Å². The lowest BCUT2D eigenvalue weighted by atomic mass is 9.93. The zero-order chi connectivity index (χ0) is 13.3. The molecule has 0 spiro atoms. The Morgan fingerprint density at radius 1 is 1.53 bits per heavy atom. The van der Waals surface area contributed by atoms with E-state index < -0.39 is 21.2 Å². The number of carbonyl (C=O) groups is 1. The average molecular weight is 278 g/mol. The van der Waals surface area contributed by atoms with E-state index in [9.17, 15) is 13.2 Å². The third-order valence-corrected chi connectivity index (χ3v) is 5.30. The Balaban J connectivity index is 2.49. The van der Waals surface area contributed by atoms with Crippen molar-refractivity contribution in [2.45, 2.75) is 20.3 Å². The Bertz CT molecular complexity index is 429. The molecule has 7 heteroatoms. The van der Waals surface area contributed by atoms with E-state index in [0.29, 0.717) is 18.0 Å². The lowest BCUT2D eigenvalue weighted by Crippen LogP contribution is -2.43. The van der Waals surface area contributed by atoms with Gasteiger partial charge in [-0.3, -0.25) is 4.79 Å². The third kappa shape index (κ3) is 3.92. The maximum Gasteiger partial charge on any atom is 0.224 e. The predicted octanol–water partition coefficient (Wildman–Crippen LogP) is -0.150. The molecule has 98 valence electrons. The van der Waals surface area contributed by atoms with Crippen LogP contribution in [-0.4, -0.2) is 37.4 Å². The Labute approximate surface area is 107 Å². The van der Waals surface area contributed by atoms with Gasteiger partial charge in [-0.05, 0) is 6.42 Å². The van der Waals surface area contributed by atoms with Crippen molar-refractivity contribution in [3.63, 3.8) is 0 Å². The van der Waals surface area contributed by atoms with Gasteiger partial charge in [0.15, 0.2) is 9.84 Å². The average Bonchev–Trinajstić information content (AvgIpc) is 2.55. The van der Waals surface area contributed by atoms with Crippen molar-refractivity contribution < 1.29 is 13.2 Å². The molecule has 0 radical (unpaired) electrons. The molecule has 3 N–H and O–H groups in total. The van der Waals surface area contributed by atoms with Crippen LogP contribution in [0.15, 0.2) is 0 Å². The molecule has 0 aromatic heterocycles. The fourth-order valence-electron chi connectivity index (χ4n) is 1.54. The summed E-state index contributed by atoms with van der Waals surface area (Å²) in [6, 6.07) is 0. The molecule has 1 fully saturated rings. The summed E-state index contributed by atoms with van der Waals surface area (Å²) in [6.45, 7) is 4.00. The van der Waals surface area contributed by atoms with Crippen molar-refractivity contribution in [2.75, 3.05) is 18.1 Å². The van der Waals surface area contributed by atoms with Gasteiger partial charge in [-0.15, -0.1) is 0 Å². The van der Waals surface area contributed by atoms with E-state index in [1.165, 1.54) is 0 Å².